The van der Waals surface area contributed by atoms with E-state index in [1.54, 1.807) is 6.92 Å². The summed E-state index contributed by atoms with van der Waals surface area (Å²) in [5.74, 6) is 0.746. The number of hydrogen-bond donors (Lipinski definition) is 2. The van der Waals surface area contributed by atoms with Gasteiger partial charge in [-0.15, -0.1) is 0 Å². The van der Waals surface area contributed by atoms with E-state index in [4.69, 9.17) is 9.84 Å². The number of aliphatic hydroxyl groups excluding tert-OH is 2. The molecule has 4 heteroatoms. The summed E-state index contributed by atoms with van der Waals surface area (Å²) in [7, 11) is 0. The van der Waals surface area contributed by atoms with Gasteiger partial charge < -0.3 is 14.9 Å². The zero-order valence-corrected chi connectivity index (χ0v) is 12.3. The molecule has 0 radical (unpaired) electrons. The van der Waals surface area contributed by atoms with Gasteiger partial charge in [0.2, 0.25) is 0 Å². The molecule has 0 aromatic heterocycles. The zero-order chi connectivity index (χ0) is 13.4. The maximum absolute atomic E-state index is 9.67. The second-order valence-electron chi connectivity index (χ2n) is 4.34. The van der Waals surface area contributed by atoms with E-state index in [1.807, 2.05) is 18.2 Å². The third kappa shape index (κ3) is 5.38. The quantitative estimate of drug-likeness (QED) is 0.722. The van der Waals surface area contributed by atoms with Gasteiger partial charge in [-0.2, -0.15) is 0 Å². The number of ether oxygens (including phenoxy) is 1. The molecule has 102 valence electrons. The molecule has 0 spiro atoms. The molecular weight excluding hydrogens is 296 g/mol. The van der Waals surface area contributed by atoms with Crippen molar-refractivity contribution in [2.75, 3.05) is 13.2 Å². The first-order valence-electron chi connectivity index (χ1n) is 6.36. The Morgan fingerprint density at radius 1 is 1.22 bits per heavy atom. The van der Waals surface area contributed by atoms with E-state index in [2.05, 4.69) is 15.9 Å². The summed E-state index contributed by atoms with van der Waals surface area (Å²) in [6.45, 7) is 2.64. The monoisotopic (exact) mass is 316 g/mol. The molecule has 0 aliphatic carbocycles. The Hall–Kier alpha value is -0.580. The molecule has 0 bridgehead atoms. The Morgan fingerprint density at radius 2 is 1.94 bits per heavy atom. The van der Waals surface area contributed by atoms with E-state index in [0.29, 0.717) is 6.61 Å². The lowest BCUT2D eigenvalue weighted by Crippen LogP contribution is -2.02. The van der Waals surface area contributed by atoms with Crippen LogP contribution in [0.25, 0.3) is 0 Å². The van der Waals surface area contributed by atoms with Crippen molar-refractivity contribution in [2.45, 2.75) is 38.7 Å². The normalized spacial score (nSPS) is 12.4. The minimum atomic E-state index is -0.535. The van der Waals surface area contributed by atoms with Crippen LogP contribution in [0.2, 0.25) is 0 Å². The smallest absolute Gasteiger partial charge is 0.125 e. The van der Waals surface area contributed by atoms with Gasteiger partial charge in [0.15, 0.2) is 0 Å². The Kier molecular flexibility index (Phi) is 7.32. The van der Waals surface area contributed by atoms with Gasteiger partial charge in [-0.1, -0.05) is 22.4 Å². The molecule has 0 amide bonds. The highest BCUT2D eigenvalue weighted by Crippen LogP contribution is 2.28. The third-order valence-corrected chi connectivity index (χ3v) is 3.23. The molecule has 1 aromatic rings. The standard InChI is InChI=1S/C14H21BrO3/c1-11(17)13-10-12(15)6-7-14(13)18-9-5-3-2-4-8-16/h6-7,10-11,16-17H,2-5,8-9H2,1H3/t11-/m0/s1. The van der Waals surface area contributed by atoms with Crippen LogP contribution in [-0.4, -0.2) is 23.4 Å². The molecule has 0 fully saturated rings. The lowest BCUT2D eigenvalue weighted by Gasteiger charge is -2.13. The van der Waals surface area contributed by atoms with Crippen LogP contribution in [0.15, 0.2) is 22.7 Å². The lowest BCUT2D eigenvalue weighted by molar-refractivity contribution is 0.190. The SMILES string of the molecule is C[C@H](O)c1cc(Br)ccc1OCCCCCCO. The molecule has 0 aliphatic heterocycles. The maximum atomic E-state index is 9.67. The Balaban J connectivity index is 2.42. The molecular formula is C14H21BrO3. The molecule has 3 nitrogen and oxygen atoms in total. The van der Waals surface area contributed by atoms with Crippen molar-refractivity contribution in [3.8, 4) is 5.75 Å². The van der Waals surface area contributed by atoms with Gasteiger partial charge in [-0.3, -0.25) is 0 Å². The first-order valence-corrected chi connectivity index (χ1v) is 7.15. The second kappa shape index (κ2) is 8.51. The predicted octanol–water partition coefficient (Wildman–Crippen LogP) is 3.43. The predicted molar refractivity (Wildman–Crippen MR) is 75.8 cm³/mol. The van der Waals surface area contributed by atoms with Gasteiger partial charge in [0.25, 0.3) is 0 Å². The molecule has 2 N–H and O–H groups in total. The summed E-state index contributed by atoms with van der Waals surface area (Å²) in [5.41, 5.74) is 0.805. The van der Waals surface area contributed by atoms with Gasteiger partial charge in [-0.05, 0) is 44.4 Å². The molecule has 0 aliphatic rings. The van der Waals surface area contributed by atoms with Crippen LogP contribution in [0.5, 0.6) is 5.75 Å². The van der Waals surface area contributed by atoms with Crippen LogP contribution >= 0.6 is 15.9 Å². The maximum Gasteiger partial charge on any atom is 0.125 e. The molecule has 0 unspecified atom stereocenters. The zero-order valence-electron chi connectivity index (χ0n) is 10.7. The number of benzene rings is 1. The van der Waals surface area contributed by atoms with Crippen molar-refractivity contribution in [2.24, 2.45) is 0 Å². The van der Waals surface area contributed by atoms with Gasteiger partial charge in [0.05, 0.1) is 12.7 Å². The summed E-state index contributed by atoms with van der Waals surface area (Å²) in [5, 5.41) is 18.3. The van der Waals surface area contributed by atoms with Crippen LogP contribution in [0.3, 0.4) is 0 Å². The molecule has 1 atom stereocenters. The van der Waals surface area contributed by atoms with Gasteiger partial charge in [-0.25, -0.2) is 0 Å². The Bertz CT molecular complexity index is 353. The van der Waals surface area contributed by atoms with Crippen LogP contribution in [0.4, 0.5) is 0 Å². The molecule has 1 rings (SSSR count). The summed E-state index contributed by atoms with van der Waals surface area (Å²) in [6, 6.07) is 5.67. The number of hydrogen-bond acceptors (Lipinski definition) is 3. The minimum Gasteiger partial charge on any atom is -0.493 e. The Labute approximate surface area is 117 Å². The van der Waals surface area contributed by atoms with E-state index in [-0.39, 0.29) is 6.61 Å². The van der Waals surface area contributed by atoms with Crippen LogP contribution in [-0.2, 0) is 0 Å². The fourth-order valence-corrected chi connectivity index (χ4v) is 2.11. The van der Waals surface area contributed by atoms with E-state index in [9.17, 15) is 5.11 Å². The van der Waals surface area contributed by atoms with Gasteiger partial charge >= 0.3 is 0 Å². The van der Waals surface area contributed by atoms with Gasteiger partial charge in [0, 0.05) is 16.6 Å². The summed E-state index contributed by atoms with van der Waals surface area (Å²) in [6.07, 6.45) is 3.38. The highest BCUT2D eigenvalue weighted by molar-refractivity contribution is 9.10. The van der Waals surface area contributed by atoms with Crippen molar-refractivity contribution < 1.29 is 14.9 Å². The van der Waals surface area contributed by atoms with E-state index in [0.717, 1.165) is 41.5 Å². The fourth-order valence-electron chi connectivity index (χ4n) is 1.73. The number of aliphatic hydroxyl groups is 2. The minimum absolute atomic E-state index is 0.264. The largest absolute Gasteiger partial charge is 0.493 e. The molecule has 1 aromatic carbocycles. The van der Waals surface area contributed by atoms with Crippen LogP contribution in [0, 0.1) is 0 Å². The average Bonchev–Trinajstić information content (AvgIpc) is 2.35. The van der Waals surface area contributed by atoms with Crippen LogP contribution < -0.4 is 4.74 Å². The van der Waals surface area contributed by atoms with Crippen molar-refractivity contribution in [3.05, 3.63) is 28.2 Å². The highest BCUT2D eigenvalue weighted by atomic mass is 79.9. The molecule has 18 heavy (non-hydrogen) atoms. The van der Waals surface area contributed by atoms with Crippen molar-refractivity contribution >= 4 is 15.9 Å². The second-order valence-corrected chi connectivity index (χ2v) is 5.26. The van der Waals surface area contributed by atoms with Crippen LogP contribution in [0.1, 0.15) is 44.3 Å². The van der Waals surface area contributed by atoms with E-state index >= 15 is 0 Å². The van der Waals surface area contributed by atoms with Crippen molar-refractivity contribution in [3.63, 3.8) is 0 Å². The average molecular weight is 317 g/mol. The fraction of sp³-hybridized carbons (Fsp3) is 0.571. The molecule has 0 heterocycles. The van der Waals surface area contributed by atoms with Crippen molar-refractivity contribution in [1.29, 1.82) is 0 Å². The summed E-state index contributed by atoms with van der Waals surface area (Å²) < 4.78 is 6.63. The topological polar surface area (TPSA) is 49.7 Å². The number of unbranched alkanes of at least 4 members (excludes halogenated alkanes) is 3. The van der Waals surface area contributed by atoms with E-state index < -0.39 is 6.10 Å². The third-order valence-electron chi connectivity index (χ3n) is 2.73. The Morgan fingerprint density at radius 3 is 2.61 bits per heavy atom. The summed E-state index contributed by atoms with van der Waals surface area (Å²) >= 11 is 3.38. The van der Waals surface area contributed by atoms with E-state index in [1.165, 1.54) is 0 Å². The number of halogens is 1. The highest BCUT2D eigenvalue weighted by Gasteiger charge is 2.09. The summed E-state index contributed by atoms with van der Waals surface area (Å²) in [4.78, 5) is 0. The lowest BCUT2D eigenvalue weighted by atomic mass is 10.1. The van der Waals surface area contributed by atoms with Crippen molar-refractivity contribution in [1.82, 2.24) is 0 Å². The first-order chi connectivity index (χ1) is 8.65. The van der Waals surface area contributed by atoms with Gasteiger partial charge in [0.1, 0.15) is 5.75 Å². The molecule has 0 saturated heterocycles. The molecule has 0 saturated carbocycles. The number of rotatable bonds is 8. The first kappa shape index (κ1) is 15.5.